The maximum absolute atomic E-state index is 10.6. The maximum atomic E-state index is 10.6. The minimum atomic E-state index is -0.148. The molecule has 0 unspecified atom stereocenters. The van der Waals surface area contributed by atoms with E-state index in [1.165, 1.54) is 12.1 Å². The van der Waals surface area contributed by atoms with E-state index >= 15 is 0 Å². The first kappa shape index (κ1) is 15.5. The SMILES string of the molecule is Oc1ccc(C=Cc2ccc3ccc4cccc5c(O)cc2c3c45)cc1O. The smallest absolute Gasteiger partial charge is 0.157 e. The van der Waals surface area contributed by atoms with Crippen LogP contribution in [-0.2, 0) is 0 Å². The Balaban J connectivity index is 1.76. The standard InChI is InChI=1S/C24H16O3/c25-20-11-5-14(12-22(20)27)4-6-15-7-8-17-10-9-16-2-1-3-18-21(26)13-19(15)24(17)23(16)18/h1-13,25-27H. The van der Waals surface area contributed by atoms with Crippen molar-refractivity contribution in [3.05, 3.63) is 77.9 Å². The summed E-state index contributed by atoms with van der Waals surface area (Å²) in [7, 11) is 0. The van der Waals surface area contributed by atoms with E-state index in [1.807, 2.05) is 36.4 Å². The molecule has 0 heterocycles. The number of phenolic OH excluding ortho intramolecular Hbond substituents is 3. The van der Waals surface area contributed by atoms with E-state index in [2.05, 4.69) is 24.3 Å². The highest BCUT2D eigenvalue weighted by molar-refractivity contribution is 6.25. The predicted molar refractivity (Wildman–Crippen MR) is 111 cm³/mol. The Kier molecular flexibility index (Phi) is 3.25. The summed E-state index contributed by atoms with van der Waals surface area (Å²) in [4.78, 5) is 0. The lowest BCUT2D eigenvalue weighted by Gasteiger charge is -2.13. The lowest BCUT2D eigenvalue weighted by atomic mass is 9.91. The van der Waals surface area contributed by atoms with E-state index in [0.717, 1.165) is 43.4 Å². The molecule has 3 heteroatoms. The number of rotatable bonds is 2. The van der Waals surface area contributed by atoms with Gasteiger partial charge in [0.2, 0.25) is 0 Å². The molecule has 5 aromatic rings. The molecule has 0 aliphatic rings. The molecular weight excluding hydrogens is 336 g/mol. The molecule has 0 amide bonds. The Bertz CT molecular complexity index is 1350. The largest absolute Gasteiger partial charge is 0.507 e. The number of benzene rings is 5. The first-order valence-corrected chi connectivity index (χ1v) is 8.71. The Hall–Kier alpha value is -3.72. The van der Waals surface area contributed by atoms with Gasteiger partial charge < -0.3 is 15.3 Å². The van der Waals surface area contributed by atoms with Gasteiger partial charge in [0, 0.05) is 10.8 Å². The second-order valence-corrected chi connectivity index (χ2v) is 6.75. The van der Waals surface area contributed by atoms with Crippen LogP contribution in [0.5, 0.6) is 17.2 Å². The Labute approximate surface area is 155 Å². The average Bonchev–Trinajstić information content (AvgIpc) is 2.68. The normalized spacial score (nSPS) is 12.0. The Morgan fingerprint density at radius 3 is 2.11 bits per heavy atom. The lowest BCUT2D eigenvalue weighted by molar-refractivity contribution is 0.403. The summed E-state index contributed by atoms with van der Waals surface area (Å²) >= 11 is 0. The van der Waals surface area contributed by atoms with Crippen LogP contribution in [0.3, 0.4) is 0 Å². The highest BCUT2D eigenvalue weighted by atomic mass is 16.3. The molecule has 0 atom stereocenters. The van der Waals surface area contributed by atoms with Gasteiger partial charge in [-0.1, -0.05) is 60.7 Å². The number of phenols is 3. The fourth-order valence-corrected chi connectivity index (χ4v) is 3.80. The number of hydrogen-bond donors (Lipinski definition) is 3. The van der Waals surface area contributed by atoms with E-state index in [4.69, 9.17) is 0 Å². The summed E-state index contributed by atoms with van der Waals surface area (Å²) in [6, 6.07) is 20.8. The quantitative estimate of drug-likeness (QED) is 0.211. The fraction of sp³-hybridized carbons (Fsp3) is 0. The van der Waals surface area contributed by atoms with E-state index in [-0.39, 0.29) is 17.2 Å². The molecule has 0 saturated carbocycles. The van der Waals surface area contributed by atoms with Gasteiger partial charge in [-0.25, -0.2) is 0 Å². The van der Waals surface area contributed by atoms with Gasteiger partial charge in [0.15, 0.2) is 11.5 Å². The van der Waals surface area contributed by atoms with Gasteiger partial charge in [0.25, 0.3) is 0 Å². The minimum absolute atomic E-state index is 0.139. The highest BCUT2D eigenvalue weighted by Crippen LogP contribution is 2.40. The van der Waals surface area contributed by atoms with Crippen LogP contribution in [0.25, 0.3) is 44.5 Å². The molecule has 5 aromatic carbocycles. The molecule has 130 valence electrons. The van der Waals surface area contributed by atoms with Gasteiger partial charge in [-0.3, -0.25) is 0 Å². The first-order chi connectivity index (χ1) is 13.1. The molecule has 0 aromatic heterocycles. The minimum Gasteiger partial charge on any atom is -0.507 e. The van der Waals surface area contributed by atoms with Crippen molar-refractivity contribution >= 4 is 44.5 Å². The molecule has 0 radical (unpaired) electrons. The summed E-state index contributed by atoms with van der Waals surface area (Å²) in [5.74, 6) is -0.0197. The van der Waals surface area contributed by atoms with Crippen LogP contribution in [0.1, 0.15) is 11.1 Å². The molecule has 3 N–H and O–H groups in total. The van der Waals surface area contributed by atoms with Crippen LogP contribution in [0.15, 0.2) is 66.7 Å². The maximum Gasteiger partial charge on any atom is 0.157 e. The van der Waals surface area contributed by atoms with Gasteiger partial charge in [-0.2, -0.15) is 0 Å². The highest BCUT2D eigenvalue weighted by Gasteiger charge is 2.12. The summed E-state index contributed by atoms with van der Waals surface area (Å²) in [6.45, 7) is 0. The van der Waals surface area contributed by atoms with Gasteiger partial charge >= 0.3 is 0 Å². The summed E-state index contributed by atoms with van der Waals surface area (Å²) in [5.41, 5.74) is 1.75. The molecule has 3 nitrogen and oxygen atoms in total. The zero-order valence-electron chi connectivity index (χ0n) is 14.3. The molecule has 5 rings (SSSR count). The van der Waals surface area contributed by atoms with Crippen LogP contribution in [0.2, 0.25) is 0 Å². The monoisotopic (exact) mass is 352 g/mol. The fourth-order valence-electron chi connectivity index (χ4n) is 3.80. The zero-order chi connectivity index (χ0) is 18.5. The van der Waals surface area contributed by atoms with Gasteiger partial charge in [0.1, 0.15) is 5.75 Å². The molecule has 0 bridgehead atoms. The van der Waals surface area contributed by atoms with Crippen LogP contribution < -0.4 is 0 Å². The topological polar surface area (TPSA) is 60.7 Å². The second-order valence-electron chi connectivity index (χ2n) is 6.75. The summed E-state index contributed by atoms with van der Waals surface area (Å²) in [6.07, 6.45) is 3.83. The molecule has 27 heavy (non-hydrogen) atoms. The number of aromatic hydroxyl groups is 3. The molecular formula is C24H16O3. The van der Waals surface area contributed by atoms with Crippen molar-refractivity contribution in [2.24, 2.45) is 0 Å². The molecule has 0 aliphatic carbocycles. The first-order valence-electron chi connectivity index (χ1n) is 8.71. The van der Waals surface area contributed by atoms with Crippen molar-refractivity contribution in [2.45, 2.75) is 0 Å². The van der Waals surface area contributed by atoms with E-state index in [1.54, 1.807) is 6.07 Å². The number of hydrogen-bond acceptors (Lipinski definition) is 3. The van der Waals surface area contributed by atoms with E-state index < -0.39 is 0 Å². The Morgan fingerprint density at radius 1 is 0.556 bits per heavy atom. The second kappa shape index (κ2) is 5.64. The van der Waals surface area contributed by atoms with Crippen LogP contribution in [0, 0.1) is 0 Å². The van der Waals surface area contributed by atoms with Crippen LogP contribution in [0.4, 0.5) is 0 Å². The molecule has 0 spiro atoms. The average molecular weight is 352 g/mol. The van der Waals surface area contributed by atoms with E-state index in [0.29, 0.717) is 0 Å². The van der Waals surface area contributed by atoms with Crippen molar-refractivity contribution in [1.29, 1.82) is 0 Å². The third-order valence-electron chi connectivity index (χ3n) is 5.11. The predicted octanol–water partition coefficient (Wildman–Crippen LogP) is 5.87. The van der Waals surface area contributed by atoms with Crippen molar-refractivity contribution in [1.82, 2.24) is 0 Å². The zero-order valence-corrected chi connectivity index (χ0v) is 14.3. The third-order valence-corrected chi connectivity index (χ3v) is 5.11. The van der Waals surface area contributed by atoms with Gasteiger partial charge in [-0.05, 0) is 50.9 Å². The van der Waals surface area contributed by atoms with Crippen molar-refractivity contribution < 1.29 is 15.3 Å². The molecule has 0 fully saturated rings. The van der Waals surface area contributed by atoms with Crippen LogP contribution >= 0.6 is 0 Å². The van der Waals surface area contributed by atoms with Crippen LogP contribution in [-0.4, -0.2) is 15.3 Å². The Morgan fingerprint density at radius 2 is 1.30 bits per heavy atom. The van der Waals surface area contributed by atoms with Gasteiger partial charge in [-0.15, -0.1) is 0 Å². The van der Waals surface area contributed by atoms with Crippen molar-refractivity contribution in [3.63, 3.8) is 0 Å². The van der Waals surface area contributed by atoms with Crippen molar-refractivity contribution in [3.8, 4) is 17.2 Å². The molecule has 0 aliphatic heterocycles. The summed E-state index contributed by atoms with van der Waals surface area (Å²) < 4.78 is 0. The van der Waals surface area contributed by atoms with Crippen molar-refractivity contribution in [2.75, 3.05) is 0 Å². The third kappa shape index (κ3) is 2.36. The van der Waals surface area contributed by atoms with Gasteiger partial charge in [0.05, 0.1) is 0 Å². The summed E-state index contributed by atoms with van der Waals surface area (Å²) in [5, 5.41) is 36.0. The lowest BCUT2D eigenvalue weighted by Crippen LogP contribution is -1.87. The molecule has 0 saturated heterocycles. The van der Waals surface area contributed by atoms with E-state index in [9.17, 15) is 15.3 Å².